The highest BCUT2D eigenvalue weighted by Crippen LogP contribution is 2.10. The molecule has 2 rings (SSSR count). The highest BCUT2D eigenvalue weighted by Gasteiger charge is 2.11. The molecule has 72 valence electrons. The largest absolute Gasteiger partial charge is 0.377 e. The lowest BCUT2D eigenvalue weighted by atomic mass is 10.2. The van der Waals surface area contributed by atoms with Gasteiger partial charge in [-0.3, -0.25) is 4.79 Å². The Morgan fingerprint density at radius 2 is 2.43 bits per heavy atom. The van der Waals surface area contributed by atoms with Crippen LogP contribution in [0, 0.1) is 0 Å². The number of ketones is 1. The summed E-state index contributed by atoms with van der Waals surface area (Å²) in [6, 6.07) is 5.60. The van der Waals surface area contributed by atoms with Gasteiger partial charge in [0.1, 0.15) is 6.61 Å². The average molecular weight is 190 g/mol. The van der Waals surface area contributed by atoms with Crippen LogP contribution in [-0.2, 0) is 4.74 Å². The summed E-state index contributed by atoms with van der Waals surface area (Å²) in [5.41, 5.74) is 1.42. The molecule has 0 amide bonds. The van der Waals surface area contributed by atoms with Crippen molar-refractivity contribution < 1.29 is 9.53 Å². The Morgan fingerprint density at radius 3 is 3.21 bits per heavy atom. The van der Waals surface area contributed by atoms with Crippen LogP contribution < -0.4 is 0 Å². The third-order valence-corrected chi connectivity index (χ3v) is 2.00. The first-order chi connectivity index (χ1) is 6.83. The Morgan fingerprint density at radius 1 is 1.57 bits per heavy atom. The van der Waals surface area contributed by atoms with E-state index in [1.165, 1.54) is 7.11 Å². The van der Waals surface area contributed by atoms with Crippen LogP contribution in [0.2, 0.25) is 0 Å². The van der Waals surface area contributed by atoms with Crippen molar-refractivity contribution in [3.8, 4) is 0 Å². The van der Waals surface area contributed by atoms with Gasteiger partial charge < -0.3 is 4.74 Å². The molecule has 14 heavy (non-hydrogen) atoms. The molecule has 0 saturated carbocycles. The standard InChI is InChI=1S/C10H10N2O2/c1-14-7-10(13)8-6-11-12-5-3-2-4-9(8)12/h2-6H,7H2,1H3. The maximum atomic E-state index is 11.5. The van der Waals surface area contributed by atoms with Gasteiger partial charge in [-0.1, -0.05) is 6.07 Å². The first-order valence-electron chi connectivity index (χ1n) is 4.27. The number of aromatic nitrogens is 2. The van der Waals surface area contributed by atoms with E-state index in [0.29, 0.717) is 5.56 Å². The van der Waals surface area contributed by atoms with Gasteiger partial charge in [0.15, 0.2) is 5.78 Å². The van der Waals surface area contributed by atoms with E-state index in [4.69, 9.17) is 4.74 Å². The van der Waals surface area contributed by atoms with Gasteiger partial charge in [0, 0.05) is 13.3 Å². The molecule has 2 heterocycles. The Bertz CT molecular complexity index is 462. The van der Waals surface area contributed by atoms with Gasteiger partial charge >= 0.3 is 0 Å². The van der Waals surface area contributed by atoms with Crippen LogP contribution in [0.5, 0.6) is 0 Å². The van der Waals surface area contributed by atoms with E-state index in [2.05, 4.69) is 5.10 Å². The van der Waals surface area contributed by atoms with Crippen molar-refractivity contribution in [2.75, 3.05) is 13.7 Å². The zero-order valence-corrected chi connectivity index (χ0v) is 7.80. The molecule has 0 aliphatic heterocycles. The molecule has 0 spiro atoms. The number of hydrogen-bond donors (Lipinski definition) is 0. The first kappa shape index (κ1) is 8.90. The summed E-state index contributed by atoms with van der Waals surface area (Å²) >= 11 is 0. The Kier molecular flexibility index (Phi) is 2.28. The summed E-state index contributed by atoms with van der Waals surface area (Å²) in [5, 5.41) is 4.06. The minimum Gasteiger partial charge on any atom is -0.377 e. The molecular formula is C10H10N2O2. The van der Waals surface area contributed by atoms with Crippen LogP contribution in [0.3, 0.4) is 0 Å². The molecule has 4 heteroatoms. The predicted molar refractivity (Wildman–Crippen MR) is 51.4 cm³/mol. The fourth-order valence-corrected chi connectivity index (χ4v) is 1.36. The van der Waals surface area contributed by atoms with Crippen molar-refractivity contribution in [1.82, 2.24) is 9.61 Å². The van der Waals surface area contributed by atoms with Crippen molar-refractivity contribution in [3.63, 3.8) is 0 Å². The molecular weight excluding hydrogens is 180 g/mol. The number of methoxy groups -OCH3 is 1. The summed E-state index contributed by atoms with van der Waals surface area (Å²) in [7, 11) is 1.50. The second kappa shape index (κ2) is 3.59. The maximum Gasteiger partial charge on any atom is 0.192 e. The molecule has 0 bridgehead atoms. The molecule has 0 atom stereocenters. The van der Waals surface area contributed by atoms with Crippen molar-refractivity contribution >= 4 is 11.3 Å². The van der Waals surface area contributed by atoms with Crippen LogP contribution in [0.15, 0.2) is 30.6 Å². The molecule has 0 unspecified atom stereocenters. The quantitative estimate of drug-likeness (QED) is 0.682. The molecule has 0 radical (unpaired) electrons. The minimum atomic E-state index is -0.0475. The van der Waals surface area contributed by atoms with Gasteiger partial charge in [0.25, 0.3) is 0 Å². The molecule has 2 aromatic heterocycles. The summed E-state index contributed by atoms with van der Waals surface area (Å²) in [6.07, 6.45) is 3.37. The van der Waals surface area contributed by atoms with E-state index < -0.39 is 0 Å². The topological polar surface area (TPSA) is 43.6 Å². The van der Waals surface area contributed by atoms with Crippen LogP contribution in [0.4, 0.5) is 0 Å². The minimum absolute atomic E-state index is 0.0475. The second-order valence-electron chi connectivity index (χ2n) is 2.94. The van der Waals surface area contributed by atoms with Gasteiger partial charge in [0.05, 0.1) is 17.3 Å². The molecule has 0 aromatic carbocycles. The number of Topliss-reactive ketones (excluding diaryl/α,β-unsaturated/α-hetero) is 1. The number of hydrogen-bond acceptors (Lipinski definition) is 3. The van der Waals surface area contributed by atoms with Gasteiger partial charge in [-0.05, 0) is 12.1 Å². The van der Waals surface area contributed by atoms with E-state index in [0.717, 1.165) is 5.52 Å². The lowest BCUT2D eigenvalue weighted by molar-refractivity contribution is 0.0849. The lowest BCUT2D eigenvalue weighted by Crippen LogP contribution is -2.06. The highest BCUT2D eigenvalue weighted by molar-refractivity contribution is 6.02. The number of ether oxygens (including phenoxy) is 1. The number of carbonyl (C=O) groups excluding carboxylic acids is 1. The first-order valence-corrected chi connectivity index (χ1v) is 4.27. The van der Waals surface area contributed by atoms with Gasteiger partial charge in [-0.25, -0.2) is 4.52 Å². The summed E-state index contributed by atoms with van der Waals surface area (Å²) in [5.74, 6) is -0.0475. The van der Waals surface area contributed by atoms with Gasteiger partial charge in [-0.2, -0.15) is 5.10 Å². The number of carbonyl (C=O) groups is 1. The molecule has 4 nitrogen and oxygen atoms in total. The number of fused-ring (bicyclic) bond motifs is 1. The van der Waals surface area contributed by atoms with Crippen LogP contribution in [0.1, 0.15) is 10.4 Å². The Labute approximate surface area is 81.1 Å². The van der Waals surface area contributed by atoms with Crippen LogP contribution >= 0.6 is 0 Å². The SMILES string of the molecule is COCC(=O)c1cnn2ccccc12. The molecule has 0 fully saturated rings. The Balaban J connectivity index is 2.47. The zero-order valence-electron chi connectivity index (χ0n) is 7.80. The molecule has 0 aliphatic rings. The maximum absolute atomic E-state index is 11.5. The van der Waals surface area contributed by atoms with Gasteiger partial charge in [-0.15, -0.1) is 0 Å². The fourth-order valence-electron chi connectivity index (χ4n) is 1.36. The fraction of sp³-hybridized carbons (Fsp3) is 0.200. The summed E-state index contributed by atoms with van der Waals surface area (Å²) in [6.45, 7) is 0.0935. The van der Waals surface area contributed by atoms with Crippen LogP contribution in [-0.4, -0.2) is 29.1 Å². The number of rotatable bonds is 3. The smallest absolute Gasteiger partial charge is 0.192 e. The van der Waals surface area contributed by atoms with E-state index in [1.807, 2.05) is 18.2 Å². The van der Waals surface area contributed by atoms with Gasteiger partial charge in [0.2, 0.25) is 0 Å². The van der Waals surface area contributed by atoms with Crippen molar-refractivity contribution in [2.24, 2.45) is 0 Å². The number of pyridine rings is 1. The van der Waals surface area contributed by atoms with E-state index in [9.17, 15) is 4.79 Å². The molecule has 0 N–H and O–H groups in total. The molecule has 0 saturated heterocycles. The molecule has 0 aliphatic carbocycles. The number of nitrogens with zero attached hydrogens (tertiary/aromatic N) is 2. The third kappa shape index (κ3) is 1.40. The van der Waals surface area contributed by atoms with Crippen LogP contribution in [0.25, 0.3) is 5.52 Å². The zero-order chi connectivity index (χ0) is 9.97. The van der Waals surface area contributed by atoms with E-state index in [-0.39, 0.29) is 12.4 Å². The highest BCUT2D eigenvalue weighted by atomic mass is 16.5. The Hall–Kier alpha value is -1.68. The van der Waals surface area contributed by atoms with Crippen molar-refractivity contribution in [2.45, 2.75) is 0 Å². The third-order valence-electron chi connectivity index (χ3n) is 2.00. The van der Waals surface area contributed by atoms with Crippen molar-refractivity contribution in [1.29, 1.82) is 0 Å². The van der Waals surface area contributed by atoms with E-state index in [1.54, 1.807) is 16.9 Å². The predicted octanol–water partition coefficient (Wildman–Crippen LogP) is 1.16. The normalized spacial score (nSPS) is 10.6. The summed E-state index contributed by atoms with van der Waals surface area (Å²) < 4.78 is 6.46. The van der Waals surface area contributed by atoms with E-state index >= 15 is 0 Å². The molecule has 2 aromatic rings. The lowest BCUT2D eigenvalue weighted by Gasteiger charge is -1.96. The summed E-state index contributed by atoms with van der Waals surface area (Å²) in [4.78, 5) is 11.5. The second-order valence-corrected chi connectivity index (χ2v) is 2.94. The average Bonchev–Trinajstić information content (AvgIpc) is 2.61. The van der Waals surface area contributed by atoms with Crippen molar-refractivity contribution in [3.05, 3.63) is 36.2 Å². The monoisotopic (exact) mass is 190 g/mol.